The zero-order valence-electron chi connectivity index (χ0n) is 17.7. The fourth-order valence-electron chi connectivity index (χ4n) is 2.94. The maximum Gasteiger partial charge on any atom is 0.452 e. The number of ether oxygens (including phenoxy) is 1. The van der Waals surface area contributed by atoms with E-state index in [4.69, 9.17) is 4.74 Å². The smallest absolute Gasteiger partial charge is 0.445 e. The Morgan fingerprint density at radius 1 is 0.875 bits per heavy atom. The molecule has 0 aliphatic rings. The predicted molar refractivity (Wildman–Crippen MR) is 112 cm³/mol. The molecule has 0 bridgehead atoms. The van der Waals surface area contributed by atoms with Gasteiger partial charge in [0.25, 0.3) is 5.78 Å². The lowest BCUT2D eigenvalue weighted by Crippen LogP contribution is -2.56. The van der Waals surface area contributed by atoms with Crippen LogP contribution < -0.4 is 10.6 Å². The molecule has 0 radical (unpaired) electrons. The predicted octanol–water partition coefficient (Wildman–Crippen LogP) is 3.80. The Balaban J connectivity index is 2.07. The fourth-order valence-corrected chi connectivity index (χ4v) is 2.94. The van der Waals surface area contributed by atoms with Crippen molar-refractivity contribution in [3.63, 3.8) is 0 Å². The number of rotatable bonds is 9. The van der Waals surface area contributed by atoms with Crippen molar-refractivity contribution in [3.8, 4) is 0 Å². The highest BCUT2D eigenvalue weighted by Crippen LogP contribution is 2.20. The van der Waals surface area contributed by atoms with E-state index in [2.05, 4.69) is 10.6 Å². The van der Waals surface area contributed by atoms with Gasteiger partial charge in [-0.25, -0.2) is 4.79 Å². The second kappa shape index (κ2) is 11.3. The Morgan fingerprint density at radius 3 is 1.91 bits per heavy atom. The second-order valence-corrected chi connectivity index (χ2v) is 7.54. The van der Waals surface area contributed by atoms with Crippen LogP contribution in [0.1, 0.15) is 25.0 Å². The monoisotopic (exact) mass is 450 g/mol. The van der Waals surface area contributed by atoms with Crippen LogP contribution in [0.15, 0.2) is 60.7 Å². The molecular formula is C23H25F3N2O4. The molecular weight excluding hydrogens is 425 g/mol. The molecule has 9 heteroatoms. The van der Waals surface area contributed by atoms with Crippen molar-refractivity contribution in [2.75, 3.05) is 0 Å². The Labute approximate surface area is 184 Å². The molecule has 0 aliphatic carbocycles. The first-order valence-corrected chi connectivity index (χ1v) is 10.0. The van der Waals surface area contributed by atoms with Gasteiger partial charge in [-0.15, -0.1) is 0 Å². The van der Waals surface area contributed by atoms with E-state index in [9.17, 15) is 27.6 Å². The molecule has 0 saturated carbocycles. The van der Waals surface area contributed by atoms with E-state index >= 15 is 0 Å². The molecule has 0 heterocycles. The summed E-state index contributed by atoms with van der Waals surface area (Å²) in [5.41, 5.74) is 1.18. The van der Waals surface area contributed by atoms with E-state index in [1.807, 2.05) is 0 Å². The summed E-state index contributed by atoms with van der Waals surface area (Å²) in [6.45, 7) is 3.18. The second-order valence-electron chi connectivity index (χ2n) is 7.54. The molecule has 0 unspecified atom stereocenters. The number of Topliss-reactive ketones (excluding diaryl/α,β-unsaturated/α-hetero) is 1. The SMILES string of the molecule is CC(C)[C@H](NC(=O)OCc1ccccc1)C(=O)N[C@H](Cc1ccccc1)C(=O)C(F)(F)F. The van der Waals surface area contributed by atoms with Crippen LogP contribution in [0.4, 0.5) is 18.0 Å². The molecule has 172 valence electrons. The zero-order valence-corrected chi connectivity index (χ0v) is 17.7. The fraction of sp³-hybridized carbons (Fsp3) is 0.348. The summed E-state index contributed by atoms with van der Waals surface area (Å²) in [4.78, 5) is 36.8. The van der Waals surface area contributed by atoms with Crippen LogP contribution in [0, 0.1) is 5.92 Å². The van der Waals surface area contributed by atoms with Gasteiger partial charge in [-0.1, -0.05) is 74.5 Å². The number of nitrogens with one attached hydrogen (secondary N) is 2. The van der Waals surface area contributed by atoms with E-state index in [1.54, 1.807) is 74.5 Å². The van der Waals surface area contributed by atoms with Crippen molar-refractivity contribution in [3.05, 3.63) is 71.8 Å². The van der Waals surface area contributed by atoms with Crippen molar-refractivity contribution in [1.29, 1.82) is 0 Å². The maximum atomic E-state index is 13.1. The maximum absolute atomic E-state index is 13.1. The molecule has 2 rings (SSSR count). The van der Waals surface area contributed by atoms with Gasteiger partial charge in [0, 0.05) is 6.42 Å². The molecule has 0 aromatic heterocycles. The summed E-state index contributed by atoms with van der Waals surface area (Å²) < 4.78 is 44.4. The number of halogens is 3. The van der Waals surface area contributed by atoms with Crippen LogP contribution in [-0.4, -0.2) is 36.0 Å². The minimum Gasteiger partial charge on any atom is -0.445 e. The van der Waals surface area contributed by atoms with Crippen molar-refractivity contribution < 1.29 is 32.3 Å². The van der Waals surface area contributed by atoms with E-state index in [1.165, 1.54) is 0 Å². The first-order chi connectivity index (χ1) is 15.1. The summed E-state index contributed by atoms with van der Waals surface area (Å²) in [5, 5.41) is 4.52. The van der Waals surface area contributed by atoms with Gasteiger partial charge in [0.2, 0.25) is 5.91 Å². The molecule has 0 fully saturated rings. The highest BCUT2D eigenvalue weighted by Gasteiger charge is 2.44. The van der Waals surface area contributed by atoms with Crippen LogP contribution in [0.25, 0.3) is 0 Å². The van der Waals surface area contributed by atoms with Gasteiger partial charge in [-0.3, -0.25) is 9.59 Å². The third-order valence-corrected chi connectivity index (χ3v) is 4.63. The molecule has 0 spiro atoms. The lowest BCUT2D eigenvalue weighted by Gasteiger charge is -2.25. The minimum absolute atomic E-state index is 0.0394. The third-order valence-electron chi connectivity index (χ3n) is 4.63. The lowest BCUT2D eigenvalue weighted by molar-refractivity contribution is -0.173. The summed E-state index contributed by atoms with van der Waals surface area (Å²) in [6, 6.07) is 13.8. The van der Waals surface area contributed by atoms with E-state index in [0.717, 1.165) is 5.56 Å². The van der Waals surface area contributed by atoms with E-state index < -0.39 is 42.0 Å². The highest BCUT2D eigenvalue weighted by molar-refractivity contribution is 5.95. The van der Waals surface area contributed by atoms with Gasteiger partial charge >= 0.3 is 12.3 Å². The Hall–Kier alpha value is -3.36. The highest BCUT2D eigenvalue weighted by atomic mass is 19.4. The van der Waals surface area contributed by atoms with Crippen LogP contribution in [-0.2, 0) is 27.4 Å². The van der Waals surface area contributed by atoms with Crippen molar-refractivity contribution in [1.82, 2.24) is 10.6 Å². The number of carbonyl (C=O) groups is 3. The van der Waals surface area contributed by atoms with Gasteiger partial charge < -0.3 is 15.4 Å². The average molecular weight is 450 g/mol. The van der Waals surface area contributed by atoms with Crippen molar-refractivity contribution in [2.24, 2.45) is 5.92 Å². The number of amides is 2. The number of carbonyl (C=O) groups excluding carboxylic acids is 3. The van der Waals surface area contributed by atoms with Crippen LogP contribution in [0.2, 0.25) is 0 Å². The van der Waals surface area contributed by atoms with Crippen LogP contribution in [0.5, 0.6) is 0 Å². The van der Waals surface area contributed by atoms with Gasteiger partial charge in [-0.05, 0) is 17.0 Å². The molecule has 6 nitrogen and oxygen atoms in total. The van der Waals surface area contributed by atoms with Crippen molar-refractivity contribution in [2.45, 2.75) is 45.1 Å². The summed E-state index contributed by atoms with van der Waals surface area (Å²) >= 11 is 0. The van der Waals surface area contributed by atoms with Crippen LogP contribution >= 0.6 is 0 Å². The first-order valence-electron chi connectivity index (χ1n) is 10.0. The molecule has 32 heavy (non-hydrogen) atoms. The number of hydrogen-bond acceptors (Lipinski definition) is 4. The van der Waals surface area contributed by atoms with Crippen molar-refractivity contribution >= 4 is 17.8 Å². The zero-order chi connectivity index (χ0) is 23.7. The lowest BCUT2D eigenvalue weighted by atomic mass is 9.99. The molecule has 0 saturated heterocycles. The van der Waals surface area contributed by atoms with E-state index in [0.29, 0.717) is 5.56 Å². The van der Waals surface area contributed by atoms with Gasteiger partial charge in [0.05, 0.1) is 0 Å². The molecule has 2 aromatic carbocycles. The van der Waals surface area contributed by atoms with Gasteiger partial charge in [0.15, 0.2) is 0 Å². The number of ketones is 1. The molecule has 2 aromatic rings. The standard InChI is InChI=1S/C23H25F3N2O4/c1-15(2)19(28-22(31)32-14-17-11-7-4-8-12-17)21(30)27-18(20(29)23(24,25)26)13-16-9-5-3-6-10-16/h3-12,15,18-19H,13-14H2,1-2H3,(H,27,30)(H,28,31)/t18-,19+/m1/s1. The largest absolute Gasteiger partial charge is 0.452 e. The van der Waals surface area contributed by atoms with Gasteiger partial charge in [-0.2, -0.15) is 13.2 Å². The van der Waals surface area contributed by atoms with Crippen LogP contribution in [0.3, 0.4) is 0 Å². The quantitative estimate of drug-likeness (QED) is 0.609. The number of benzene rings is 2. The molecule has 2 N–H and O–H groups in total. The normalized spacial score (nSPS) is 13.2. The van der Waals surface area contributed by atoms with Gasteiger partial charge in [0.1, 0.15) is 18.7 Å². The Morgan fingerprint density at radius 2 is 1.41 bits per heavy atom. The summed E-state index contributed by atoms with van der Waals surface area (Å²) in [7, 11) is 0. The summed E-state index contributed by atoms with van der Waals surface area (Å²) in [6.07, 6.45) is -6.36. The topological polar surface area (TPSA) is 84.5 Å². The number of alkyl carbamates (subject to hydrolysis) is 1. The number of alkyl halides is 3. The first kappa shape index (κ1) is 24.9. The molecule has 2 atom stereocenters. The number of hydrogen-bond donors (Lipinski definition) is 2. The van der Waals surface area contributed by atoms with E-state index in [-0.39, 0.29) is 13.0 Å². The Kier molecular flexibility index (Phi) is 8.80. The minimum atomic E-state index is -5.12. The summed E-state index contributed by atoms with van der Waals surface area (Å²) in [5.74, 6) is -3.45. The average Bonchev–Trinajstić information content (AvgIpc) is 2.75. The third kappa shape index (κ3) is 7.72. The Bertz CT molecular complexity index is 902. The molecule has 2 amide bonds. The molecule has 0 aliphatic heterocycles.